The van der Waals surface area contributed by atoms with E-state index in [0.717, 1.165) is 25.0 Å². The topological polar surface area (TPSA) is 33.0 Å². The number of benzene rings is 1. The third kappa shape index (κ3) is 9.64. The van der Waals surface area contributed by atoms with Gasteiger partial charge in [-0.2, -0.15) is 16.6 Å². The molecule has 0 aliphatic heterocycles. The zero-order valence-corrected chi connectivity index (χ0v) is 19.0. The zero-order chi connectivity index (χ0) is 21.7. The molecule has 156 valence electrons. The Hall–Kier alpha value is -2.75. The van der Waals surface area contributed by atoms with Crippen LogP contribution in [0.2, 0.25) is 0 Å². The Labute approximate surface area is 185 Å². The summed E-state index contributed by atoms with van der Waals surface area (Å²) in [6.45, 7) is 6.96. The smallest absolute Gasteiger partial charge is 0.119 e. The standard InChI is InChI=1S/C27H31NOS/c1-27(2,3)17-9-6-8-13-23(21-28)12-7-4-5-10-18-29-26-15-11-14-24(20-26)25-16-19-30-22-25/h6-8,11-12,14-16,19-20,22-23H,4-5,10,13,18H2,1-3H3. The molecule has 0 saturated carbocycles. The minimum Gasteiger partial charge on any atom is -0.494 e. The van der Waals surface area contributed by atoms with Gasteiger partial charge in [-0.15, -0.1) is 0 Å². The van der Waals surface area contributed by atoms with E-state index in [4.69, 9.17) is 4.74 Å². The molecular weight excluding hydrogens is 386 g/mol. The molecule has 1 atom stereocenters. The summed E-state index contributed by atoms with van der Waals surface area (Å²) in [5.41, 5.74) is 2.44. The molecule has 0 fully saturated rings. The van der Waals surface area contributed by atoms with E-state index in [0.29, 0.717) is 13.0 Å². The van der Waals surface area contributed by atoms with E-state index in [9.17, 15) is 5.26 Å². The number of nitrogens with zero attached hydrogens (tertiary/aromatic N) is 1. The molecule has 0 spiro atoms. The molecule has 1 aromatic carbocycles. The summed E-state index contributed by atoms with van der Waals surface area (Å²) in [6.07, 6.45) is 11.7. The first-order valence-electron chi connectivity index (χ1n) is 10.5. The van der Waals surface area contributed by atoms with Crippen LogP contribution in [0.5, 0.6) is 5.75 Å². The van der Waals surface area contributed by atoms with Gasteiger partial charge in [-0.25, -0.2) is 0 Å². The molecule has 0 saturated heterocycles. The van der Waals surface area contributed by atoms with Crippen LogP contribution in [0.25, 0.3) is 11.1 Å². The maximum Gasteiger partial charge on any atom is 0.119 e. The highest BCUT2D eigenvalue weighted by Crippen LogP contribution is 2.25. The molecule has 0 bridgehead atoms. The molecule has 0 aliphatic rings. The average Bonchev–Trinajstić information content (AvgIpc) is 3.25. The van der Waals surface area contributed by atoms with E-state index in [1.165, 1.54) is 11.1 Å². The number of allylic oxidation sites excluding steroid dienone is 4. The van der Waals surface area contributed by atoms with Gasteiger partial charge in [0.05, 0.1) is 18.6 Å². The van der Waals surface area contributed by atoms with Crippen LogP contribution >= 0.6 is 11.3 Å². The number of hydrogen-bond acceptors (Lipinski definition) is 3. The molecule has 0 amide bonds. The number of ether oxygens (including phenoxy) is 1. The van der Waals surface area contributed by atoms with Crippen molar-refractivity contribution in [1.82, 2.24) is 0 Å². The fourth-order valence-electron chi connectivity index (χ4n) is 2.71. The van der Waals surface area contributed by atoms with Gasteiger partial charge in [0.1, 0.15) is 5.75 Å². The van der Waals surface area contributed by atoms with Gasteiger partial charge in [-0.05, 0) is 92.6 Å². The Morgan fingerprint density at radius 3 is 2.73 bits per heavy atom. The van der Waals surface area contributed by atoms with Crippen molar-refractivity contribution >= 4 is 11.3 Å². The Balaban J connectivity index is 1.64. The van der Waals surface area contributed by atoms with Crippen molar-refractivity contribution in [2.75, 3.05) is 6.61 Å². The third-order valence-electron chi connectivity index (χ3n) is 4.29. The van der Waals surface area contributed by atoms with Crippen LogP contribution in [-0.2, 0) is 0 Å². The minimum absolute atomic E-state index is 0.00934. The first-order chi connectivity index (χ1) is 14.5. The summed E-state index contributed by atoms with van der Waals surface area (Å²) in [6, 6.07) is 12.7. The van der Waals surface area contributed by atoms with Crippen molar-refractivity contribution < 1.29 is 4.74 Å². The summed E-state index contributed by atoms with van der Waals surface area (Å²) in [5.74, 6) is 7.03. The molecule has 2 rings (SSSR count). The third-order valence-corrected chi connectivity index (χ3v) is 4.98. The summed E-state index contributed by atoms with van der Waals surface area (Å²) in [7, 11) is 0. The SMILES string of the molecule is CC(C)(C)C#CC=CCC(C#N)C=CCCCCOc1cccc(-c2ccsc2)c1. The lowest BCUT2D eigenvalue weighted by atomic mass is 9.98. The quantitative estimate of drug-likeness (QED) is 0.226. The van der Waals surface area contributed by atoms with Crippen molar-refractivity contribution in [2.45, 2.75) is 46.5 Å². The van der Waals surface area contributed by atoms with E-state index in [2.05, 4.69) is 73.7 Å². The van der Waals surface area contributed by atoms with Gasteiger partial charge in [0.15, 0.2) is 0 Å². The highest BCUT2D eigenvalue weighted by atomic mass is 32.1. The van der Waals surface area contributed by atoms with Crippen molar-refractivity contribution in [3.8, 4) is 34.8 Å². The molecule has 2 nitrogen and oxygen atoms in total. The fourth-order valence-corrected chi connectivity index (χ4v) is 3.38. The number of unbranched alkanes of at least 4 members (excludes halogenated alkanes) is 2. The Bertz CT molecular complexity index is 914. The minimum atomic E-state index is -0.0891. The van der Waals surface area contributed by atoms with Crippen LogP contribution in [0.1, 0.15) is 46.5 Å². The highest BCUT2D eigenvalue weighted by molar-refractivity contribution is 7.08. The van der Waals surface area contributed by atoms with E-state index >= 15 is 0 Å². The van der Waals surface area contributed by atoms with E-state index < -0.39 is 0 Å². The second-order valence-electron chi connectivity index (χ2n) is 8.21. The lowest BCUT2D eigenvalue weighted by molar-refractivity contribution is 0.307. The molecule has 0 radical (unpaired) electrons. The van der Waals surface area contributed by atoms with Gasteiger partial charge >= 0.3 is 0 Å². The van der Waals surface area contributed by atoms with Crippen molar-refractivity contribution in [3.63, 3.8) is 0 Å². The van der Waals surface area contributed by atoms with Gasteiger partial charge in [0, 0.05) is 5.41 Å². The lowest BCUT2D eigenvalue weighted by Crippen LogP contribution is -1.98. The Kier molecular flexibility index (Phi) is 9.99. The van der Waals surface area contributed by atoms with Gasteiger partial charge in [-0.1, -0.05) is 42.2 Å². The van der Waals surface area contributed by atoms with Crippen molar-refractivity contribution in [2.24, 2.45) is 11.3 Å². The fraction of sp³-hybridized carbons (Fsp3) is 0.370. The molecule has 0 aliphatic carbocycles. The van der Waals surface area contributed by atoms with E-state index in [1.54, 1.807) is 11.3 Å². The largest absolute Gasteiger partial charge is 0.494 e. The molecule has 1 aromatic heterocycles. The number of nitriles is 1. The normalized spacial score (nSPS) is 12.5. The summed E-state index contributed by atoms with van der Waals surface area (Å²) in [5, 5.41) is 13.5. The number of hydrogen-bond donors (Lipinski definition) is 0. The van der Waals surface area contributed by atoms with Crippen LogP contribution in [0.4, 0.5) is 0 Å². The van der Waals surface area contributed by atoms with E-state index in [1.807, 2.05) is 30.4 Å². The lowest BCUT2D eigenvalue weighted by Gasteiger charge is -2.07. The maximum absolute atomic E-state index is 9.28. The maximum atomic E-state index is 9.28. The number of thiophene rings is 1. The Morgan fingerprint density at radius 1 is 1.13 bits per heavy atom. The van der Waals surface area contributed by atoms with Crippen LogP contribution in [0.3, 0.4) is 0 Å². The first-order valence-corrected chi connectivity index (χ1v) is 11.4. The van der Waals surface area contributed by atoms with Crippen molar-refractivity contribution in [3.05, 3.63) is 65.4 Å². The van der Waals surface area contributed by atoms with Crippen LogP contribution in [-0.4, -0.2) is 6.61 Å². The van der Waals surface area contributed by atoms with Gasteiger partial charge in [0.2, 0.25) is 0 Å². The molecule has 30 heavy (non-hydrogen) atoms. The number of rotatable bonds is 10. The zero-order valence-electron chi connectivity index (χ0n) is 18.2. The van der Waals surface area contributed by atoms with Gasteiger partial charge in [-0.3, -0.25) is 0 Å². The second-order valence-corrected chi connectivity index (χ2v) is 8.99. The first kappa shape index (κ1) is 23.5. The molecule has 1 unspecified atom stereocenters. The summed E-state index contributed by atoms with van der Waals surface area (Å²) >= 11 is 1.70. The second kappa shape index (κ2) is 12.7. The highest BCUT2D eigenvalue weighted by Gasteiger charge is 2.03. The predicted molar refractivity (Wildman–Crippen MR) is 128 cm³/mol. The van der Waals surface area contributed by atoms with Gasteiger partial charge in [0.25, 0.3) is 0 Å². The predicted octanol–water partition coefficient (Wildman–Crippen LogP) is 7.66. The summed E-state index contributed by atoms with van der Waals surface area (Å²) in [4.78, 5) is 0. The van der Waals surface area contributed by atoms with Crippen LogP contribution in [0, 0.1) is 34.5 Å². The van der Waals surface area contributed by atoms with Gasteiger partial charge < -0.3 is 4.74 Å². The Morgan fingerprint density at radius 2 is 2.00 bits per heavy atom. The molecule has 3 heteroatoms. The molecular formula is C27H31NOS. The van der Waals surface area contributed by atoms with E-state index in [-0.39, 0.29) is 11.3 Å². The monoisotopic (exact) mass is 417 g/mol. The van der Waals surface area contributed by atoms with Crippen LogP contribution < -0.4 is 4.74 Å². The molecule has 1 heterocycles. The summed E-state index contributed by atoms with van der Waals surface area (Å²) < 4.78 is 5.90. The van der Waals surface area contributed by atoms with Crippen molar-refractivity contribution in [1.29, 1.82) is 5.26 Å². The average molecular weight is 418 g/mol. The van der Waals surface area contributed by atoms with Crippen LogP contribution in [0.15, 0.2) is 65.4 Å². The molecule has 2 aromatic rings. The molecule has 0 N–H and O–H groups in total.